The first kappa shape index (κ1) is 39.8. The number of nitrogens with zero attached hydrogens (tertiary/aromatic N) is 3. The summed E-state index contributed by atoms with van der Waals surface area (Å²) < 4.78 is 5.75. The minimum absolute atomic E-state index is 0.186. The van der Waals surface area contributed by atoms with Crippen LogP contribution in [0.25, 0.3) is 21.5 Å². The van der Waals surface area contributed by atoms with E-state index in [-0.39, 0.29) is 36.8 Å². The number of hydrogen-bond donors (Lipinski definition) is 0. The Morgan fingerprint density at radius 2 is 0.854 bits per heavy atom. The fourth-order valence-electron chi connectivity index (χ4n) is 5.64. The monoisotopic (exact) mass is 655 g/mol. The normalized spacial score (nSPS) is 12.8. The molecule has 0 fully saturated rings. The fraction of sp³-hybridized carbons (Fsp3) is 0.400. The van der Waals surface area contributed by atoms with Gasteiger partial charge < -0.3 is 9.64 Å². The molecule has 0 radical (unpaired) electrons. The number of likely N-dealkylation sites (N-methyl/N-ethyl adjacent to an activating group) is 1. The summed E-state index contributed by atoms with van der Waals surface area (Å²) in [7, 11) is 1.94. The van der Waals surface area contributed by atoms with Crippen LogP contribution in [0.2, 0.25) is 0 Å². The number of imide groups is 2. The Kier molecular flexibility index (Phi) is 16.6. The predicted octanol–water partition coefficient (Wildman–Crippen LogP) is 8.33. The third-order valence-corrected chi connectivity index (χ3v) is 7.70. The van der Waals surface area contributed by atoms with Crippen LogP contribution < -0.4 is 0 Å². The smallest absolute Gasteiger partial charge is 0.261 e. The Labute approximate surface area is 286 Å². The van der Waals surface area contributed by atoms with Gasteiger partial charge in [-0.1, -0.05) is 104 Å². The van der Waals surface area contributed by atoms with Gasteiger partial charge in [-0.2, -0.15) is 0 Å². The van der Waals surface area contributed by atoms with Crippen LogP contribution in [0.1, 0.15) is 103 Å². The second-order valence-electron chi connectivity index (χ2n) is 10.2. The zero-order chi connectivity index (χ0) is 35.8. The van der Waals surface area contributed by atoms with Crippen molar-refractivity contribution in [2.24, 2.45) is 0 Å². The van der Waals surface area contributed by atoms with Gasteiger partial charge in [0.05, 0.1) is 13.2 Å². The Morgan fingerprint density at radius 3 is 1.23 bits per heavy atom. The van der Waals surface area contributed by atoms with Crippen molar-refractivity contribution in [3.05, 3.63) is 95.1 Å². The van der Waals surface area contributed by atoms with Gasteiger partial charge in [-0.05, 0) is 48.5 Å². The van der Waals surface area contributed by atoms with Gasteiger partial charge in [0.15, 0.2) is 0 Å². The van der Waals surface area contributed by atoms with Crippen molar-refractivity contribution in [2.45, 2.75) is 61.8 Å². The summed E-state index contributed by atoms with van der Waals surface area (Å²) in [6.45, 7) is 18.4. The van der Waals surface area contributed by atoms with Gasteiger partial charge in [0.25, 0.3) is 23.6 Å². The molecule has 0 aliphatic carbocycles. The lowest BCUT2D eigenvalue weighted by molar-refractivity contribution is 0.0515. The molecule has 258 valence electrons. The van der Waals surface area contributed by atoms with Crippen molar-refractivity contribution in [1.82, 2.24) is 14.7 Å². The van der Waals surface area contributed by atoms with Crippen molar-refractivity contribution in [3.63, 3.8) is 0 Å². The summed E-state index contributed by atoms with van der Waals surface area (Å²) in [4.78, 5) is 56.8. The van der Waals surface area contributed by atoms with Crippen LogP contribution in [-0.2, 0) is 4.74 Å². The molecule has 6 rings (SSSR count). The highest BCUT2D eigenvalue weighted by Gasteiger charge is 2.33. The Balaban J connectivity index is 0.000000933. The van der Waals surface area contributed by atoms with Crippen molar-refractivity contribution < 1.29 is 23.9 Å². The average molecular weight is 656 g/mol. The van der Waals surface area contributed by atoms with Crippen LogP contribution in [0.5, 0.6) is 0 Å². The van der Waals surface area contributed by atoms with Crippen molar-refractivity contribution >= 4 is 45.2 Å². The molecule has 0 bridgehead atoms. The molecular weight excluding hydrogens is 602 g/mol. The first-order valence-corrected chi connectivity index (χ1v) is 17.5. The van der Waals surface area contributed by atoms with E-state index in [1.54, 1.807) is 24.3 Å². The molecule has 4 amide bonds. The molecule has 0 atom stereocenters. The average Bonchev–Trinajstić information content (AvgIpc) is 3.15. The standard InChI is InChI=1S/C32H29N3O5.4C2H6/c1-33(16-17-34-29(36)23-11-2-7-21-8-3-12-24(27(21)23)30(34)37)15-6-19-40-20-18-35-31(38)25-13-4-9-22-10-5-14-26(28(22)25)32(35)39;4*1-2/h2-5,7-14H,6,15-20H2,1H3;4*1-2H3. The number of rotatable bonds is 10. The maximum atomic E-state index is 13.1. The van der Waals surface area contributed by atoms with E-state index in [0.717, 1.165) is 28.0 Å². The van der Waals surface area contributed by atoms with E-state index in [4.69, 9.17) is 4.74 Å². The van der Waals surface area contributed by atoms with E-state index in [1.807, 2.05) is 111 Å². The van der Waals surface area contributed by atoms with Gasteiger partial charge in [-0.25, -0.2) is 0 Å². The van der Waals surface area contributed by atoms with E-state index in [0.29, 0.717) is 48.5 Å². The summed E-state index contributed by atoms with van der Waals surface area (Å²) in [5.74, 6) is -1.10. The van der Waals surface area contributed by atoms with E-state index in [2.05, 4.69) is 4.90 Å². The van der Waals surface area contributed by atoms with Crippen LogP contribution in [-0.4, -0.2) is 84.8 Å². The molecule has 4 aromatic rings. The van der Waals surface area contributed by atoms with Crippen LogP contribution in [0.15, 0.2) is 72.8 Å². The van der Waals surface area contributed by atoms with Gasteiger partial charge in [-0.15, -0.1) is 0 Å². The summed E-state index contributed by atoms with van der Waals surface area (Å²) in [6.07, 6.45) is 0.727. The van der Waals surface area contributed by atoms with Gasteiger partial charge in [0, 0.05) is 59.3 Å². The van der Waals surface area contributed by atoms with Crippen LogP contribution in [0.4, 0.5) is 0 Å². The highest BCUT2D eigenvalue weighted by molar-refractivity contribution is 6.26. The third-order valence-electron chi connectivity index (χ3n) is 7.70. The Bertz CT molecular complexity index is 1580. The van der Waals surface area contributed by atoms with Gasteiger partial charge in [0.1, 0.15) is 0 Å². The van der Waals surface area contributed by atoms with Crippen LogP contribution in [0.3, 0.4) is 0 Å². The van der Waals surface area contributed by atoms with Gasteiger partial charge >= 0.3 is 0 Å². The molecule has 4 aromatic carbocycles. The SMILES string of the molecule is CC.CC.CC.CC.CN(CCCOCCN1C(=O)c2cccc3cccc(c23)C1=O)CCN1C(=O)c2cccc3cccc(c23)C1=O. The van der Waals surface area contributed by atoms with Crippen molar-refractivity contribution in [2.75, 3.05) is 46.4 Å². The minimum atomic E-state index is -0.293. The van der Waals surface area contributed by atoms with E-state index in [9.17, 15) is 19.2 Å². The van der Waals surface area contributed by atoms with Crippen molar-refractivity contribution in [1.29, 1.82) is 0 Å². The first-order valence-electron chi connectivity index (χ1n) is 17.5. The molecule has 0 unspecified atom stereocenters. The Morgan fingerprint density at radius 1 is 0.500 bits per heavy atom. The molecule has 2 aliphatic heterocycles. The Hall–Kier alpha value is -4.40. The quantitative estimate of drug-likeness (QED) is 0.126. The molecular formula is C40H53N3O5. The summed E-state index contributed by atoms with van der Waals surface area (Å²) in [5.41, 5.74) is 2.21. The van der Waals surface area contributed by atoms with Gasteiger partial charge in [0.2, 0.25) is 0 Å². The first-order chi connectivity index (χ1) is 23.5. The molecule has 0 saturated heterocycles. The number of amides is 4. The zero-order valence-electron chi connectivity index (χ0n) is 30.3. The predicted molar refractivity (Wildman–Crippen MR) is 197 cm³/mol. The van der Waals surface area contributed by atoms with Crippen LogP contribution >= 0.6 is 0 Å². The number of benzene rings is 4. The molecule has 8 heteroatoms. The van der Waals surface area contributed by atoms with E-state index >= 15 is 0 Å². The minimum Gasteiger partial charge on any atom is -0.380 e. The maximum Gasteiger partial charge on any atom is 0.261 e. The largest absolute Gasteiger partial charge is 0.380 e. The third kappa shape index (κ3) is 8.54. The van der Waals surface area contributed by atoms with E-state index < -0.39 is 0 Å². The molecule has 8 nitrogen and oxygen atoms in total. The molecule has 0 aromatic heterocycles. The number of carbonyl (C=O) groups excluding carboxylic acids is 4. The van der Waals surface area contributed by atoms with Crippen molar-refractivity contribution in [3.8, 4) is 0 Å². The highest BCUT2D eigenvalue weighted by atomic mass is 16.5. The second kappa shape index (κ2) is 20.1. The maximum absolute atomic E-state index is 13.1. The number of hydrogen-bond acceptors (Lipinski definition) is 6. The number of carbonyl (C=O) groups is 4. The lowest BCUT2D eigenvalue weighted by Crippen LogP contribution is -2.44. The molecule has 0 N–H and O–H groups in total. The summed E-state index contributed by atoms with van der Waals surface area (Å²) in [5, 5.41) is 3.22. The number of ether oxygens (including phenoxy) is 1. The lowest BCUT2D eigenvalue weighted by atomic mass is 9.94. The van der Waals surface area contributed by atoms with Crippen LogP contribution in [0, 0.1) is 0 Å². The lowest BCUT2D eigenvalue weighted by Gasteiger charge is -2.29. The zero-order valence-corrected chi connectivity index (χ0v) is 30.3. The second-order valence-corrected chi connectivity index (χ2v) is 10.2. The molecule has 48 heavy (non-hydrogen) atoms. The molecule has 0 saturated carbocycles. The van der Waals surface area contributed by atoms with E-state index in [1.165, 1.54) is 9.80 Å². The molecule has 2 aliphatic rings. The topological polar surface area (TPSA) is 87.2 Å². The molecule has 0 spiro atoms. The van der Waals surface area contributed by atoms with Gasteiger partial charge in [-0.3, -0.25) is 29.0 Å². The molecule has 2 heterocycles. The summed E-state index contributed by atoms with van der Waals surface area (Å²) in [6, 6.07) is 22.0. The summed E-state index contributed by atoms with van der Waals surface area (Å²) >= 11 is 0. The highest BCUT2D eigenvalue weighted by Crippen LogP contribution is 2.31. The fourth-order valence-corrected chi connectivity index (χ4v) is 5.64.